The second-order valence-electron chi connectivity index (χ2n) is 12.9. The van der Waals surface area contributed by atoms with Gasteiger partial charge in [0.1, 0.15) is 24.8 Å². The smallest absolute Gasteiger partial charge is 0.338 e. The predicted octanol–water partition coefficient (Wildman–Crippen LogP) is 7.28. The monoisotopic (exact) mass is 621 g/mol. The quantitative estimate of drug-likeness (QED) is 0.112. The number of carbonyl (C=O) groups is 1. The molecule has 0 aliphatic carbocycles. The Balaban J connectivity index is 1.11. The van der Waals surface area contributed by atoms with E-state index in [4.69, 9.17) is 24.2 Å². The van der Waals surface area contributed by atoms with Crippen molar-refractivity contribution < 1.29 is 19.0 Å². The van der Waals surface area contributed by atoms with Gasteiger partial charge in [0.05, 0.1) is 28.7 Å². The number of rotatable bonds is 11. The van der Waals surface area contributed by atoms with Gasteiger partial charge in [0.2, 0.25) is 5.88 Å². The van der Waals surface area contributed by atoms with Crippen molar-refractivity contribution in [1.82, 2.24) is 24.4 Å². The normalized spacial score (nSPS) is 14.6. The second-order valence-corrected chi connectivity index (χ2v) is 12.9. The number of nitrogens with zero attached hydrogens (tertiary/aromatic N) is 5. The Morgan fingerprint density at radius 2 is 1.78 bits per heavy atom. The maximum atomic E-state index is 12.8. The lowest BCUT2D eigenvalue weighted by Gasteiger charge is -2.31. The van der Waals surface area contributed by atoms with Gasteiger partial charge < -0.3 is 18.8 Å². The van der Waals surface area contributed by atoms with E-state index in [9.17, 15) is 4.79 Å². The molecule has 9 heteroatoms. The molecule has 9 nitrogen and oxygen atoms in total. The fraction of sp³-hybridized carbons (Fsp3) is 0.405. The third-order valence-corrected chi connectivity index (χ3v) is 8.26. The van der Waals surface area contributed by atoms with Gasteiger partial charge >= 0.3 is 5.97 Å². The summed E-state index contributed by atoms with van der Waals surface area (Å²) in [4.78, 5) is 29.6. The third kappa shape index (κ3) is 7.54. The highest BCUT2D eigenvalue weighted by molar-refractivity contribution is 5.94. The molecule has 0 unspecified atom stereocenters. The average molecular weight is 622 g/mol. The standard InChI is InChI=1S/C37H43N5O4/c1-5-21-44-25-42-33-22-27(36(43)46-37(2,3)4)14-15-32(33)39-34(42)23-41-19-16-26(17-20-41)30-11-7-13-35(40-30)45-24-28-9-6-12-31-29(28)10-8-18-38-31/h6-15,18,22,26H,5,16-17,19-21,23-25H2,1-4H3. The lowest BCUT2D eigenvalue weighted by Crippen LogP contribution is -2.33. The zero-order valence-electron chi connectivity index (χ0n) is 27.2. The lowest BCUT2D eigenvalue weighted by atomic mass is 9.93. The summed E-state index contributed by atoms with van der Waals surface area (Å²) in [7, 11) is 0. The SMILES string of the molecule is CCCOCn1c(CN2CCC(c3cccc(OCc4cccc5ncccc45)n3)CC2)nc2ccc(C(=O)OC(C)(C)C)cc21. The molecule has 3 aromatic heterocycles. The number of ether oxygens (including phenoxy) is 3. The van der Waals surface area contributed by atoms with Gasteiger partial charge in [-0.25, -0.2) is 14.8 Å². The van der Waals surface area contributed by atoms with Crippen molar-refractivity contribution in [3.05, 3.63) is 95.6 Å². The van der Waals surface area contributed by atoms with Gasteiger partial charge in [-0.2, -0.15) is 0 Å². The van der Waals surface area contributed by atoms with E-state index in [-0.39, 0.29) is 5.97 Å². The van der Waals surface area contributed by atoms with Gasteiger partial charge in [-0.3, -0.25) is 9.88 Å². The molecule has 46 heavy (non-hydrogen) atoms. The first-order chi connectivity index (χ1) is 22.3. The predicted molar refractivity (Wildman–Crippen MR) is 179 cm³/mol. The molecule has 1 saturated heterocycles. The zero-order chi connectivity index (χ0) is 32.1. The number of imidazole rings is 1. The molecular formula is C37H43N5O4. The van der Waals surface area contributed by atoms with Crippen molar-refractivity contribution in [2.24, 2.45) is 0 Å². The minimum absolute atomic E-state index is 0.339. The Labute approximate surface area is 270 Å². The summed E-state index contributed by atoms with van der Waals surface area (Å²) in [5, 5.41) is 1.10. The molecule has 0 spiro atoms. The first-order valence-corrected chi connectivity index (χ1v) is 16.2. The molecule has 5 aromatic rings. The number of likely N-dealkylation sites (tertiary alicyclic amines) is 1. The fourth-order valence-electron chi connectivity index (χ4n) is 5.97. The highest BCUT2D eigenvalue weighted by atomic mass is 16.6. The van der Waals surface area contributed by atoms with E-state index >= 15 is 0 Å². The van der Waals surface area contributed by atoms with Crippen LogP contribution in [0.3, 0.4) is 0 Å². The van der Waals surface area contributed by atoms with Crippen LogP contribution in [-0.2, 0) is 29.4 Å². The number of carbonyl (C=O) groups excluding carboxylic acids is 1. The molecule has 1 aliphatic rings. The van der Waals surface area contributed by atoms with Crippen molar-refractivity contribution >= 4 is 27.9 Å². The first-order valence-electron chi connectivity index (χ1n) is 16.2. The molecule has 0 radical (unpaired) electrons. The molecule has 0 N–H and O–H groups in total. The van der Waals surface area contributed by atoms with Crippen LogP contribution < -0.4 is 4.74 Å². The maximum absolute atomic E-state index is 12.8. The number of hydrogen-bond acceptors (Lipinski definition) is 8. The van der Waals surface area contributed by atoms with Gasteiger partial charge in [0.25, 0.3) is 0 Å². The van der Waals surface area contributed by atoms with Crippen molar-refractivity contribution in [3.63, 3.8) is 0 Å². The van der Waals surface area contributed by atoms with E-state index in [0.717, 1.165) is 71.4 Å². The number of piperidine rings is 1. The van der Waals surface area contributed by atoms with Crippen LogP contribution in [0.1, 0.15) is 80.3 Å². The van der Waals surface area contributed by atoms with Crippen LogP contribution in [-0.4, -0.2) is 55.7 Å². The number of esters is 1. The highest BCUT2D eigenvalue weighted by Gasteiger charge is 2.25. The van der Waals surface area contributed by atoms with Gasteiger partial charge in [0, 0.05) is 35.9 Å². The van der Waals surface area contributed by atoms with Crippen LogP contribution in [0.4, 0.5) is 0 Å². The van der Waals surface area contributed by atoms with Crippen molar-refractivity contribution in [1.29, 1.82) is 0 Å². The fourth-order valence-corrected chi connectivity index (χ4v) is 5.97. The molecule has 0 atom stereocenters. The van der Waals surface area contributed by atoms with E-state index in [2.05, 4.69) is 39.6 Å². The number of fused-ring (bicyclic) bond motifs is 2. The van der Waals surface area contributed by atoms with Crippen LogP contribution in [0.5, 0.6) is 5.88 Å². The van der Waals surface area contributed by atoms with E-state index in [1.54, 1.807) is 6.07 Å². The molecule has 1 fully saturated rings. The van der Waals surface area contributed by atoms with Crippen LogP contribution >= 0.6 is 0 Å². The summed E-state index contributed by atoms with van der Waals surface area (Å²) in [6.45, 7) is 11.8. The highest BCUT2D eigenvalue weighted by Crippen LogP contribution is 2.30. The van der Waals surface area contributed by atoms with E-state index < -0.39 is 5.60 Å². The Kier molecular flexibility index (Phi) is 9.61. The number of hydrogen-bond donors (Lipinski definition) is 0. The summed E-state index contributed by atoms with van der Waals surface area (Å²) in [6, 6.07) is 21.8. The van der Waals surface area contributed by atoms with E-state index in [1.807, 2.05) is 69.4 Å². The lowest BCUT2D eigenvalue weighted by molar-refractivity contribution is 0.00695. The van der Waals surface area contributed by atoms with Crippen LogP contribution in [0.15, 0.2) is 72.9 Å². The molecule has 0 saturated carbocycles. The van der Waals surface area contributed by atoms with Gasteiger partial charge in [-0.15, -0.1) is 0 Å². The number of benzene rings is 2. The largest absolute Gasteiger partial charge is 0.473 e. The molecule has 0 amide bonds. The van der Waals surface area contributed by atoms with E-state index in [1.165, 1.54) is 0 Å². The first kappa shape index (κ1) is 31.6. The van der Waals surface area contributed by atoms with Gasteiger partial charge in [-0.05, 0) is 95.1 Å². The minimum Gasteiger partial charge on any atom is -0.473 e. The summed E-state index contributed by atoms with van der Waals surface area (Å²) >= 11 is 0. The zero-order valence-corrected chi connectivity index (χ0v) is 27.2. The summed E-state index contributed by atoms with van der Waals surface area (Å²) in [6.07, 6.45) is 4.74. The van der Waals surface area contributed by atoms with Crippen LogP contribution in [0.25, 0.3) is 21.9 Å². The molecule has 1 aliphatic heterocycles. The summed E-state index contributed by atoms with van der Waals surface area (Å²) < 4.78 is 19.8. The number of pyridine rings is 2. The molecule has 2 aromatic carbocycles. The minimum atomic E-state index is -0.562. The third-order valence-electron chi connectivity index (χ3n) is 8.26. The Morgan fingerprint density at radius 3 is 2.59 bits per heavy atom. The van der Waals surface area contributed by atoms with Crippen molar-refractivity contribution in [2.45, 2.75) is 78.4 Å². The average Bonchev–Trinajstić information content (AvgIpc) is 3.39. The molecular weight excluding hydrogens is 578 g/mol. The van der Waals surface area contributed by atoms with Crippen molar-refractivity contribution in [2.75, 3.05) is 19.7 Å². The Morgan fingerprint density at radius 1 is 0.957 bits per heavy atom. The van der Waals surface area contributed by atoms with Crippen molar-refractivity contribution in [3.8, 4) is 5.88 Å². The maximum Gasteiger partial charge on any atom is 0.338 e. The molecule has 0 bridgehead atoms. The van der Waals surface area contributed by atoms with E-state index in [0.29, 0.717) is 43.9 Å². The second kappa shape index (κ2) is 14.0. The number of aromatic nitrogens is 4. The Hall–Kier alpha value is -4.34. The summed E-state index contributed by atoms with van der Waals surface area (Å²) in [5.41, 5.74) is 4.81. The Bertz CT molecular complexity index is 1800. The van der Waals surface area contributed by atoms with Crippen LogP contribution in [0, 0.1) is 0 Å². The molecule has 240 valence electrons. The van der Waals surface area contributed by atoms with Crippen LogP contribution in [0.2, 0.25) is 0 Å². The topological polar surface area (TPSA) is 91.6 Å². The summed E-state index contributed by atoms with van der Waals surface area (Å²) in [5.74, 6) is 1.61. The van der Waals surface area contributed by atoms with Gasteiger partial charge in [-0.1, -0.05) is 31.2 Å². The molecule has 6 rings (SSSR count). The molecule has 4 heterocycles. The van der Waals surface area contributed by atoms with Gasteiger partial charge in [0.15, 0.2) is 0 Å².